The Morgan fingerprint density at radius 3 is 2.70 bits per heavy atom. The van der Waals surface area contributed by atoms with Gasteiger partial charge in [0.15, 0.2) is 5.65 Å². The van der Waals surface area contributed by atoms with Crippen molar-refractivity contribution in [3.63, 3.8) is 0 Å². The van der Waals surface area contributed by atoms with Gasteiger partial charge in [-0.25, -0.2) is 4.98 Å². The van der Waals surface area contributed by atoms with E-state index in [2.05, 4.69) is 28.5 Å². The van der Waals surface area contributed by atoms with Gasteiger partial charge in [-0.1, -0.05) is 0 Å². The molecule has 6 heteroatoms. The molecule has 0 aliphatic heterocycles. The molecule has 5 nitrogen and oxygen atoms in total. The van der Waals surface area contributed by atoms with Crippen LogP contribution in [0.2, 0.25) is 0 Å². The Morgan fingerprint density at radius 1 is 1.30 bits per heavy atom. The molecule has 0 atom stereocenters. The maximum atomic E-state index is 6.01. The van der Waals surface area contributed by atoms with Gasteiger partial charge < -0.3 is 9.30 Å². The highest BCUT2D eigenvalue weighted by Crippen LogP contribution is 2.20. The van der Waals surface area contributed by atoms with Crippen molar-refractivity contribution in [3.05, 3.63) is 11.5 Å². The van der Waals surface area contributed by atoms with Crippen LogP contribution in [-0.2, 0) is 24.2 Å². The number of fused-ring (bicyclic) bond motifs is 1. The smallest absolute Gasteiger partial charge is 0.158 e. The normalized spacial score (nSPS) is 11.9. The highest BCUT2D eigenvalue weighted by Gasteiger charge is 2.16. The maximum Gasteiger partial charge on any atom is 0.158 e. The van der Waals surface area contributed by atoms with Crippen molar-refractivity contribution < 1.29 is 4.74 Å². The zero-order valence-corrected chi connectivity index (χ0v) is 13.4. The van der Waals surface area contributed by atoms with E-state index in [1.165, 1.54) is 0 Å². The number of hydrogen-bond donors (Lipinski definition) is 0. The SMILES string of the molecule is Cc1nn(C)c2c1nc(CCl)n2CCCCOC(C)C. The summed E-state index contributed by atoms with van der Waals surface area (Å²) in [7, 11) is 1.95. The summed E-state index contributed by atoms with van der Waals surface area (Å²) >= 11 is 6.01. The van der Waals surface area contributed by atoms with Crippen molar-refractivity contribution in [3.8, 4) is 0 Å². The number of aromatic nitrogens is 4. The van der Waals surface area contributed by atoms with E-state index in [0.717, 1.165) is 48.7 Å². The minimum absolute atomic E-state index is 0.299. The van der Waals surface area contributed by atoms with E-state index in [0.29, 0.717) is 12.0 Å². The van der Waals surface area contributed by atoms with Crippen LogP contribution in [0.5, 0.6) is 0 Å². The lowest BCUT2D eigenvalue weighted by molar-refractivity contribution is 0.0754. The van der Waals surface area contributed by atoms with Crippen LogP contribution in [0.25, 0.3) is 11.2 Å². The van der Waals surface area contributed by atoms with Crippen molar-refractivity contribution in [1.82, 2.24) is 19.3 Å². The van der Waals surface area contributed by atoms with E-state index in [1.54, 1.807) is 0 Å². The predicted molar refractivity (Wildman–Crippen MR) is 81.1 cm³/mol. The van der Waals surface area contributed by atoms with E-state index in [9.17, 15) is 0 Å². The number of aryl methyl sites for hydroxylation is 3. The summed E-state index contributed by atoms with van der Waals surface area (Å²) < 4.78 is 9.63. The Bertz CT molecular complexity index is 573. The molecule has 0 unspecified atom stereocenters. The van der Waals surface area contributed by atoms with Crippen LogP contribution in [0.15, 0.2) is 0 Å². The molecule has 0 radical (unpaired) electrons. The van der Waals surface area contributed by atoms with Gasteiger partial charge >= 0.3 is 0 Å². The van der Waals surface area contributed by atoms with Crippen LogP contribution in [-0.4, -0.2) is 32.0 Å². The van der Waals surface area contributed by atoms with Crippen LogP contribution in [0.1, 0.15) is 38.2 Å². The lowest BCUT2D eigenvalue weighted by Crippen LogP contribution is -2.09. The standard InChI is InChI=1S/C14H23ClN4O/c1-10(2)20-8-6-5-7-19-12(9-15)16-13-11(3)17-18(4)14(13)19/h10H,5-9H2,1-4H3. The first-order valence-electron chi connectivity index (χ1n) is 7.10. The average molecular weight is 299 g/mol. The summed E-state index contributed by atoms with van der Waals surface area (Å²) in [4.78, 5) is 4.60. The Hall–Kier alpha value is -1.07. The molecule has 2 rings (SSSR count). The first-order chi connectivity index (χ1) is 9.54. The minimum atomic E-state index is 0.299. The van der Waals surface area contributed by atoms with Gasteiger partial charge in [-0.15, -0.1) is 11.6 Å². The Balaban J connectivity index is 2.08. The quantitative estimate of drug-likeness (QED) is 0.583. The molecule has 2 aromatic heterocycles. The molecule has 2 heterocycles. The van der Waals surface area contributed by atoms with Gasteiger partial charge in [0, 0.05) is 20.2 Å². The largest absolute Gasteiger partial charge is 0.379 e. The molecule has 0 aromatic carbocycles. The van der Waals surface area contributed by atoms with E-state index >= 15 is 0 Å². The van der Waals surface area contributed by atoms with Gasteiger partial charge in [0.25, 0.3) is 0 Å². The van der Waals surface area contributed by atoms with Gasteiger partial charge in [-0.05, 0) is 33.6 Å². The molecule has 0 N–H and O–H groups in total. The Labute approximate surface area is 124 Å². The highest BCUT2D eigenvalue weighted by atomic mass is 35.5. The second kappa shape index (κ2) is 6.59. The van der Waals surface area contributed by atoms with Gasteiger partial charge in [-0.2, -0.15) is 5.10 Å². The van der Waals surface area contributed by atoms with E-state index in [4.69, 9.17) is 16.3 Å². The topological polar surface area (TPSA) is 44.9 Å². The molecule has 2 aromatic rings. The first-order valence-corrected chi connectivity index (χ1v) is 7.64. The van der Waals surface area contributed by atoms with Crippen molar-refractivity contribution >= 4 is 22.8 Å². The maximum absolute atomic E-state index is 6.01. The summed E-state index contributed by atoms with van der Waals surface area (Å²) in [6.07, 6.45) is 2.39. The fourth-order valence-electron chi connectivity index (χ4n) is 2.41. The summed E-state index contributed by atoms with van der Waals surface area (Å²) in [5.74, 6) is 1.35. The second-order valence-corrected chi connectivity index (χ2v) is 5.59. The van der Waals surface area contributed by atoms with Crippen LogP contribution in [0, 0.1) is 6.92 Å². The van der Waals surface area contributed by atoms with Crippen LogP contribution >= 0.6 is 11.6 Å². The number of rotatable bonds is 7. The fourth-order valence-corrected chi connectivity index (χ4v) is 2.61. The van der Waals surface area contributed by atoms with Crippen molar-refractivity contribution in [1.29, 1.82) is 0 Å². The molecule has 0 aliphatic carbocycles. The minimum Gasteiger partial charge on any atom is -0.379 e. The number of unbranched alkanes of at least 4 members (excludes halogenated alkanes) is 1. The van der Waals surface area contributed by atoms with Gasteiger partial charge in [-0.3, -0.25) is 4.68 Å². The average Bonchev–Trinajstić information content (AvgIpc) is 2.88. The highest BCUT2D eigenvalue weighted by molar-refractivity contribution is 6.16. The lowest BCUT2D eigenvalue weighted by atomic mass is 10.3. The van der Waals surface area contributed by atoms with Crippen LogP contribution in [0.4, 0.5) is 0 Å². The number of nitrogens with zero attached hydrogens (tertiary/aromatic N) is 4. The molecule has 0 saturated carbocycles. The molecule has 0 saturated heterocycles. The van der Waals surface area contributed by atoms with Crippen LogP contribution < -0.4 is 0 Å². The predicted octanol–water partition coefficient (Wildman–Crippen LogP) is 3.02. The third-order valence-electron chi connectivity index (χ3n) is 3.32. The number of halogens is 1. The van der Waals surface area contributed by atoms with Crippen molar-refractivity contribution in [2.75, 3.05) is 6.61 Å². The van der Waals surface area contributed by atoms with Gasteiger partial charge in [0.05, 0.1) is 17.7 Å². The van der Waals surface area contributed by atoms with E-state index in [1.807, 2.05) is 18.7 Å². The summed E-state index contributed by atoms with van der Waals surface area (Å²) in [6, 6.07) is 0. The van der Waals surface area contributed by atoms with Crippen LogP contribution in [0.3, 0.4) is 0 Å². The third kappa shape index (κ3) is 3.15. The van der Waals surface area contributed by atoms with Gasteiger partial charge in [0.1, 0.15) is 11.3 Å². The molecule has 0 amide bonds. The number of imidazole rings is 1. The zero-order valence-electron chi connectivity index (χ0n) is 12.7. The molecular weight excluding hydrogens is 276 g/mol. The Kier molecular flexibility index (Phi) is 5.05. The summed E-state index contributed by atoms with van der Waals surface area (Å²) in [5.41, 5.74) is 2.97. The van der Waals surface area contributed by atoms with E-state index < -0.39 is 0 Å². The first kappa shape index (κ1) is 15.3. The summed E-state index contributed by atoms with van der Waals surface area (Å²) in [5, 5.41) is 4.42. The monoisotopic (exact) mass is 298 g/mol. The number of ether oxygens (including phenoxy) is 1. The number of alkyl halides is 1. The second-order valence-electron chi connectivity index (χ2n) is 5.32. The van der Waals surface area contributed by atoms with Crippen molar-refractivity contribution in [2.45, 2.75) is 52.1 Å². The molecule has 112 valence electrons. The molecule has 0 fully saturated rings. The molecule has 20 heavy (non-hydrogen) atoms. The molecule has 0 spiro atoms. The zero-order chi connectivity index (χ0) is 14.7. The van der Waals surface area contributed by atoms with Gasteiger partial charge in [0.2, 0.25) is 0 Å². The fraction of sp³-hybridized carbons (Fsp3) is 0.714. The molecule has 0 bridgehead atoms. The molecular formula is C14H23ClN4O. The lowest BCUT2D eigenvalue weighted by Gasteiger charge is -2.09. The summed E-state index contributed by atoms with van der Waals surface area (Å²) in [6.45, 7) is 7.80. The Morgan fingerprint density at radius 2 is 2.05 bits per heavy atom. The van der Waals surface area contributed by atoms with E-state index in [-0.39, 0.29) is 0 Å². The molecule has 0 aliphatic rings. The number of hydrogen-bond acceptors (Lipinski definition) is 3. The third-order valence-corrected chi connectivity index (χ3v) is 3.55. The van der Waals surface area contributed by atoms with Crippen molar-refractivity contribution in [2.24, 2.45) is 7.05 Å².